The molecule has 1 aliphatic heterocycles. The fraction of sp³-hybridized carbons (Fsp3) is 0.455. The zero-order chi connectivity index (χ0) is 16.1. The molecule has 1 unspecified atom stereocenters. The summed E-state index contributed by atoms with van der Waals surface area (Å²) in [6, 6.07) is 2.86. The number of carbonyl (C=O) groups excluding carboxylic acids is 1. The van der Waals surface area contributed by atoms with Gasteiger partial charge in [0.25, 0.3) is 0 Å². The fourth-order valence-electron chi connectivity index (χ4n) is 2.02. The van der Waals surface area contributed by atoms with Crippen LogP contribution in [0.1, 0.15) is 4.88 Å². The van der Waals surface area contributed by atoms with E-state index in [2.05, 4.69) is 16.3 Å². The Morgan fingerprint density at radius 1 is 1.55 bits per heavy atom. The highest BCUT2D eigenvalue weighted by atomic mass is 32.1. The highest BCUT2D eigenvalue weighted by Gasteiger charge is 2.33. The number of carbonyl (C=O) groups is 2. The number of hydrogen-bond donors (Lipinski definition) is 6. The van der Waals surface area contributed by atoms with Crippen LogP contribution in [0.5, 0.6) is 0 Å². The molecule has 120 valence electrons. The summed E-state index contributed by atoms with van der Waals surface area (Å²) in [5, 5.41) is 33.5. The van der Waals surface area contributed by atoms with E-state index in [1.54, 1.807) is 0 Å². The number of aliphatic carboxylic acids is 1. The van der Waals surface area contributed by atoms with Crippen molar-refractivity contribution in [3.05, 3.63) is 22.4 Å². The lowest BCUT2D eigenvalue weighted by atomic mass is 9.79. The summed E-state index contributed by atoms with van der Waals surface area (Å²) in [6.45, 7) is 0.184. The van der Waals surface area contributed by atoms with Crippen LogP contribution in [0.2, 0.25) is 0 Å². The van der Waals surface area contributed by atoms with E-state index in [1.165, 1.54) is 16.3 Å². The molecule has 0 bridgehead atoms. The number of hydrogen-bond acceptors (Lipinski definition) is 8. The van der Waals surface area contributed by atoms with E-state index >= 15 is 0 Å². The van der Waals surface area contributed by atoms with Gasteiger partial charge in [0.1, 0.15) is 6.04 Å². The van der Waals surface area contributed by atoms with Crippen LogP contribution in [0.15, 0.2) is 17.5 Å². The highest BCUT2D eigenvalue weighted by Crippen LogP contribution is 2.09. The van der Waals surface area contributed by atoms with Gasteiger partial charge in [-0.3, -0.25) is 9.59 Å². The Kier molecular flexibility index (Phi) is 5.88. The van der Waals surface area contributed by atoms with Crippen molar-refractivity contribution in [2.45, 2.75) is 18.4 Å². The summed E-state index contributed by atoms with van der Waals surface area (Å²) in [5.41, 5.74) is 5.17. The molecule has 1 saturated heterocycles. The molecule has 2 rings (SSSR count). The molecule has 9 nitrogen and oxygen atoms in total. The summed E-state index contributed by atoms with van der Waals surface area (Å²) in [5.74, 6) is -2.28. The summed E-state index contributed by atoms with van der Waals surface area (Å²) in [4.78, 5) is 23.6. The number of carboxylic acid groups (broad SMARTS) is 1. The molecule has 11 heteroatoms. The number of rotatable bonds is 7. The molecule has 1 aromatic heterocycles. The summed E-state index contributed by atoms with van der Waals surface area (Å²) >= 11 is 1.44. The van der Waals surface area contributed by atoms with Crippen molar-refractivity contribution in [2.75, 3.05) is 13.1 Å². The van der Waals surface area contributed by atoms with Crippen molar-refractivity contribution in [1.82, 2.24) is 21.3 Å². The van der Waals surface area contributed by atoms with Gasteiger partial charge in [0.2, 0.25) is 5.91 Å². The molecule has 1 aliphatic rings. The molecule has 0 aromatic carbocycles. The van der Waals surface area contributed by atoms with Gasteiger partial charge in [-0.15, -0.1) is 11.3 Å². The fourth-order valence-corrected chi connectivity index (χ4v) is 2.73. The molecular weight excluding hydrogens is 311 g/mol. The van der Waals surface area contributed by atoms with E-state index in [-0.39, 0.29) is 25.4 Å². The molecule has 1 fully saturated rings. The first-order valence-corrected chi connectivity index (χ1v) is 7.50. The Morgan fingerprint density at radius 2 is 2.32 bits per heavy atom. The Hall–Kier alpha value is -1.50. The number of hydrazine groups is 2. The number of nitrogens with one attached hydrogen (secondary N) is 3. The average molecular weight is 328 g/mol. The Labute approximate surface area is 131 Å². The molecule has 1 amide bonds. The second-order valence-electron chi connectivity index (χ2n) is 4.90. The topological polar surface area (TPSA) is 134 Å². The standard InChI is InChI=1S/C11H17BN4O5S/c17-10(4-7-2-1-3-22-7)13-9(12(20)21)6-16-5-8(11(18)19)14-15-16/h1-3,8-9,14-15,20-21H,4-6H2,(H,13,17)(H,18,19)/t8?,9-/m1/s1. The van der Waals surface area contributed by atoms with Gasteiger partial charge in [-0.05, 0) is 11.4 Å². The lowest BCUT2D eigenvalue weighted by molar-refractivity contribution is -0.138. The maximum Gasteiger partial charge on any atom is 0.476 e. The van der Waals surface area contributed by atoms with Crippen molar-refractivity contribution in [2.24, 2.45) is 0 Å². The van der Waals surface area contributed by atoms with E-state index in [9.17, 15) is 19.6 Å². The second kappa shape index (κ2) is 7.67. The van der Waals surface area contributed by atoms with E-state index in [0.717, 1.165) is 4.88 Å². The number of carboxylic acids is 1. The third kappa shape index (κ3) is 4.76. The minimum absolute atomic E-state index is 0.0463. The minimum atomic E-state index is -1.75. The van der Waals surface area contributed by atoms with Gasteiger partial charge in [0, 0.05) is 18.0 Å². The lowest BCUT2D eigenvalue weighted by Gasteiger charge is -2.23. The predicted octanol–water partition coefficient (Wildman–Crippen LogP) is -2.43. The van der Waals surface area contributed by atoms with Crippen LogP contribution in [0.4, 0.5) is 0 Å². The SMILES string of the molecule is O=C(Cc1cccs1)N[C@H](CN1CC(C(=O)O)NN1)B(O)O. The van der Waals surface area contributed by atoms with Crippen LogP contribution < -0.4 is 16.3 Å². The highest BCUT2D eigenvalue weighted by molar-refractivity contribution is 7.10. The molecule has 0 radical (unpaired) electrons. The monoisotopic (exact) mass is 328 g/mol. The van der Waals surface area contributed by atoms with Gasteiger partial charge in [-0.25, -0.2) is 10.4 Å². The van der Waals surface area contributed by atoms with Gasteiger partial charge >= 0.3 is 13.1 Å². The molecule has 0 aliphatic carbocycles. The van der Waals surface area contributed by atoms with Gasteiger partial charge < -0.3 is 20.5 Å². The smallest absolute Gasteiger partial charge is 0.476 e. The summed E-state index contributed by atoms with van der Waals surface area (Å²) in [7, 11) is -1.75. The quantitative estimate of drug-likeness (QED) is 0.304. The lowest BCUT2D eigenvalue weighted by Crippen LogP contribution is -2.55. The van der Waals surface area contributed by atoms with Gasteiger partial charge in [0.15, 0.2) is 0 Å². The van der Waals surface area contributed by atoms with Crippen molar-refractivity contribution >= 4 is 30.3 Å². The molecular formula is C11H17BN4O5S. The number of nitrogens with zero attached hydrogens (tertiary/aromatic N) is 1. The first-order valence-electron chi connectivity index (χ1n) is 6.62. The van der Waals surface area contributed by atoms with E-state index in [4.69, 9.17) is 5.11 Å². The zero-order valence-corrected chi connectivity index (χ0v) is 12.4. The summed E-state index contributed by atoms with van der Waals surface area (Å²) in [6.07, 6.45) is 0.157. The third-order valence-corrected chi connectivity index (χ3v) is 4.01. The molecule has 2 atom stereocenters. The first kappa shape index (κ1) is 16.9. The van der Waals surface area contributed by atoms with Crippen molar-refractivity contribution in [3.8, 4) is 0 Å². The predicted molar refractivity (Wildman–Crippen MR) is 79.4 cm³/mol. The average Bonchev–Trinajstić information content (AvgIpc) is 3.09. The maximum absolute atomic E-state index is 11.9. The van der Waals surface area contributed by atoms with Crippen LogP contribution >= 0.6 is 11.3 Å². The van der Waals surface area contributed by atoms with Gasteiger partial charge in [-0.2, -0.15) is 5.53 Å². The second-order valence-corrected chi connectivity index (χ2v) is 5.93. The molecule has 1 aromatic rings. The van der Waals surface area contributed by atoms with E-state index in [0.29, 0.717) is 0 Å². The Morgan fingerprint density at radius 3 is 2.86 bits per heavy atom. The van der Waals surface area contributed by atoms with E-state index < -0.39 is 25.1 Å². The van der Waals surface area contributed by atoms with Crippen LogP contribution in [-0.2, 0) is 16.0 Å². The van der Waals surface area contributed by atoms with Crippen LogP contribution in [0, 0.1) is 0 Å². The van der Waals surface area contributed by atoms with Crippen molar-refractivity contribution in [1.29, 1.82) is 0 Å². The molecule has 6 N–H and O–H groups in total. The van der Waals surface area contributed by atoms with Gasteiger partial charge in [0.05, 0.1) is 12.4 Å². The molecule has 2 heterocycles. The molecule has 22 heavy (non-hydrogen) atoms. The maximum atomic E-state index is 11.9. The van der Waals surface area contributed by atoms with Crippen LogP contribution in [-0.4, -0.2) is 64.2 Å². The van der Waals surface area contributed by atoms with Gasteiger partial charge in [-0.1, -0.05) is 6.07 Å². The van der Waals surface area contributed by atoms with E-state index in [1.807, 2.05) is 17.5 Å². The normalized spacial score (nSPS) is 19.8. The van der Waals surface area contributed by atoms with Crippen molar-refractivity contribution < 1.29 is 24.7 Å². The minimum Gasteiger partial charge on any atom is -0.480 e. The first-order chi connectivity index (χ1) is 10.5. The molecule has 0 saturated carbocycles. The van der Waals surface area contributed by atoms with Crippen LogP contribution in [0.3, 0.4) is 0 Å². The number of thiophene rings is 1. The van der Waals surface area contributed by atoms with Crippen molar-refractivity contribution in [3.63, 3.8) is 0 Å². The molecule has 0 spiro atoms. The zero-order valence-electron chi connectivity index (χ0n) is 11.6. The third-order valence-electron chi connectivity index (χ3n) is 3.14. The largest absolute Gasteiger partial charge is 0.480 e. The Bertz CT molecular complexity index is 515. The Balaban J connectivity index is 1.85. The number of amides is 1. The van der Waals surface area contributed by atoms with Crippen LogP contribution in [0.25, 0.3) is 0 Å². The summed E-state index contributed by atoms with van der Waals surface area (Å²) < 4.78 is 0.